The molecular formula is C11H11BrN2. The maximum atomic E-state index is 4.21. The molecule has 0 aliphatic carbocycles. The van der Waals surface area contributed by atoms with E-state index in [0.717, 1.165) is 15.7 Å². The number of aromatic nitrogens is 2. The third-order valence-corrected chi connectivity index (χ3v) is 2.80. The number of benzene rings is 1. The summed E-state index contributed by atoms with van der Waals surface area (Å²) >= 11 is 3.41. The van der Waals surface area contributed by atoms with Crippen molar-refractivity contribution in [3.63, 3.8) is 0 Å². The molecule has 1 heterocycles. The van der Waals surface area contributed by atoms with Gasteiger partial charge in [-0.15, -0.1) is 5.10 Å². The van der Waals surface area contributed by atoms with Crippen molar-refractivity contribution < 1.29 is 0 Å². The van der Waals surface area contributed by atoms with E-state index < -0.39 is 0 Å². The molecule has 0 saturated carbocycles. The topological polar surface area (TPSA) is 25.8 Å². The van der Waals surface area contributed by atoms with Crippen molar-refractivity contribution in [1.82, 2.24) is 10.2 Å². The zero-order valence-corrected chi connectivity index (χ0v) is 9.75. The fourth-order valence-electron chi connectivity index (χ4n) is 1.52. The van der Waals surface area contributed by atoms with E-state index in [4.69, 9.17) is 0 Å². The Kier molecular flexibility index (Phi) is 2.50. The Bertz CT molecular complexity index is 466. The highest BCUT2D eigenvalue weighted by Crippen LogP contribution is 2.26. The second kappa shape index (κ2) is 3.65. The van der Waals surface area contributed by atoms with E-state index in [-0.39, 0.29) is 0 Å². The first-order valence-corrected chi connectivity index (χ1v) is 5.40. The van der Waals surface area contributed by atoms with Gasteiger partial charge in [-0.2, -0.15) is 5.10 Å². The zero-order chi connectivity index (χ0) is 10.1. The Hall–Kier alpha value is -0.960. The summed E-state index contributed by atoms with van der Waals surface area (Å²) in [4.78, 5) is 0. The lowest BCUT2D eigenvalue weighted by Crippen LogP contribution is -1.97. The summed E-state index contributed by atoms with van der Waals surface area (Å²) in [6.07, 6.45) is 0. The lowest BCUT2D eigenvalue weighted by Gasteiger charge is -2.08. The molecule has 2 aromatic rings. The van der Waals surface area contributed by atoms with Gasteiger partial charge in [0, 0.05) is 10.8 Å². The summed E-state index contributed by atoms with van der Waals surface area (Å²) in [5.74, 6) is 0.403. The third kappa shape index (κ3) is 1.52. The highest BCUT2D eigenvalue weighted by atomic mass is 79.9. The van der Waals surface area contributed by atoms with Crippen LogP contribution in [-0.4, -0.2) is 10.2 Å². The molecule has 0 saturated heterocycles. The molecule has 2 rings (SSSR count). The molecule has 0 unspecified atom stereocenters. The van der Waals surface area contributed by atoms with Gasteiger partial charge < -0.3 is 0 Å². The Morgan fingerprint density at radius 2 is 1.71 bits per heavy atom. The van der Waals surface area contributed by atoms with Gasteiger partial charge in [0.25, 0.3) is 0 Å². The molecular weight excluding hydrogens is 240 g/mol. The van der Waals surface area contributed by atoms with E-state index in [9.17, 15) is 0 Å². The van der Waals surface area contributed by atoms with Crippen LogP contribution in [0, 0.1) is 0 Å². The predicted octanol–water partition coefficient (Wildman–Crippen LogP) is 3.52. The Morgan fingerprint density at radius 3 is 2.36 bits per heavy atom. The summed E-state index contributed by atoms with van der Waals surface area (Å²) < 4.78 is 0.817. The van der Waals surface area contributed by atoms with Gasteiger partial charge in [0.15, 0.2) is 0 Å². The number of nitrogens with zero attached hydrogens (tertiary/aromatic N) is 2. The lowest BCUT2D eigenvalue weighted by molar-refractivity contribution is 0.795. The van der Waals surface area contributed by atoms with Crippen LogP contribution in [0.1, 0.15) is 25.5 Å². The Labute approximate surface area is 91.5 Å². The summed E-state index contributed by atoms with van der Waals surface area (Å²) in [6, 6.07) is 8.19. The molecule has 0 atom stereocenters. The van der Waals surface area contributed by atoms with E-state index in [2.05, 4.69) is 52.1 Å². The van der Waals surface area contributed by atoms with Crippen molar-refractivity contribution in [3.05, 3.63) is 34.6 Å². The summed E-state index contributed by atoms with van der Waals surface area (Å²) in [7, 11) is 0. The molecule has 14 heavy (non-hydrogen) atoms. The maximum absolute atomic E-state index is 4.21. The van der Waals surface area contributed by atoms with Gasteiger partial charge in [0.1, 0.15) is 4.60 Å². The second-order valence-corrected chi connectivity index (χ2v) is 4.33. The molecule has 72 valence electrons. The van der Waals surface area contributed by atoms with Crippen molar-refractivity contribution in [2.45, 2.75) is 19.8 Å². The molecule has 0 aliphatic rings. The minimum atomic E-state index is 0.403. The Balaban J connectivity index is 2.82. The van der Waals surface area contributed by atoms with Crippen molar-refractivity contribution in [1.29, 1.82) is 0 Å². The van der Waals surface area contributed by atoms with E-state index in [1.165, 1.54) is 5.39 Å². The monoisotopic (exact) mass is 250 g/mol. The van der Waals surface area contributed by atoms with Crippen molar-refractivity contribution >= 4 is 26.7 Å². The average Bonchev–Trinajstić information content (AvgIpc) is 2.18. The molecule has 3 heteroatoms. The van der Waals surface area contributed by atoms with Crippen LogP contribution >= 0.6 is 15.9 Å². The highest BCUT2D eigenvalue weighted by Gasteiger charge is 2.09. The second-order valence-electron chi connectivity index (χ2n) is 3.58. The zero-order valence-electron chi connectivity index (χ0n) is 8.16. The first-order chi connectivity index (χ1) is 6.70. The SMILES string of the molecule is CC(C)c1nnc(Br)c2ccccc12. The normalized spacial score (nSPS) is 11.1. The van der Waals surface area contributed by atoms with Gasteiger partial charge in [0.2, 0.25) is 0 Å². The molecule has 0 fully saturated rings. The third-order valence-electron chi connectivity index (χ3n) is 2.22. The van der Waals surface area contributed by atoms with Gasteiger partial charge >= 0.3 is 0 Å². The van der Waals surface area contributed by atoms with Gasteiger partial charge in [-0.05, 0) is 21.8 Å². The van der Waals surface area contributed by atoms with Crippen LogP contribution in [-0.2, 0) is 0 Å². The van der Waals surface area contributed by atoms with Crippen LogP contribution in [0.3, 0.4) is 0 Å². The number of halogens is 1. The van der Waals surface area contributed by atoms with Crippen molar-refractivity contribution in [3.8, 4) is 0 Å². The van der Waals surface area contributed by atoms with Crippen molar-refractivity contribution in [2.75, 3.05) is 0 Å². The molecule has 2 nitrogen and oxygen atoms in total. The number of fused-ring (bicyclic) bond motifs is 1. The minimum Gasteiger partial charge on any atom is -0.154 e. The molecule has 1 aromatic heterocycles. The van der Waals surface area contributed by atoms with E-state index in [1.54, 1.807) is 0 Å². The van der Waals surface area contributed by atoms with Gasteiger partial charge in [-0.25, -0.2) is 0 Å². The highest BCUT2D eigenvalue weighted by molar-refractivity contribution is 9.10. The smallest absolute Gasteiger partial charge is 0.136 e. The van der Waals surface area contributed by atoms with Crippen LogP contribution in [0.4, 0.5) is 0 Å². The van der Waals surface area contributed by atoms with Gasteiger partial charge in [-0.3, -0.25) is 0 Å². The van der Waals surface area contributed by atoms with E-state index in [0.29, 0.717) is 5.92 Å². The molecule has 0 bridgehead atoms. The molecule has 0 N–H and O–H groups in total. The van der Waals surface area contributed by atoms with Crippen LogP contribution in [0.2, 0.25) is 0 Å². The molecule has 0 aliphatic heterocycles. The van der Waals surface area contributed by atoms with Gasteiger partial charge in [-0.1, -0.05) is 38.1 Å². The fourth-order valence-corrected chi connectivity index (χ4v) is 1.94. The maximum Gasteiger partial charge on any atom is 0.136 e. The molecule has 0 spiro atoms. The van der Waals surface area contributed by atoms with E-state index >= 15 is 0 Å². The number of hydrogen-bond acceptors (Lipinski definition) is 2. The van der Waals surface area contributed by atoms with Gasteiger partial charge in [0.05, 0.1) is 5.69 Å². The van der Waals surface area contributed by atoms with Crippen LogP contribution in [0.25, 0.3) is 10.8 Å². The quantitative estimate of drug-likeness (QED) is 0.774. The van der Waals surface area contributed by atoms with Crippen LogP contribution < -0.4 is 0 Å². The first kappa shape index (κ1) is 9.59. The fraction of sp³-hybridized carbons (Fsp3) is 0.273. The molecule has 1 aromatic carbocycles. The standard InChI is InChI=1S/C11H11BrN2/c1-7(2)10-8-5-3-4-6-9(8)11(12)14-13-10/h3-7H,1-2H3. The number of rotatable bonds is 1. The minimum absolute atomic E-state index is 0.403. The van der Waals surface area contributed by atoms with Crippen molar-refractivity contribution in [2.24, 2.45) is 0 Å². The predicted molar refractivity (Wildman–Crippen MR) is 61.3 cm³/mol. The number of hydrogen-bond donors (Lipinski definition) is 0. The van der Waals surface area contributed by atoms with Crippen LogP contribution in [0.15, 0.2) is 28.9 Å². The lowest BCUT2D eigenvalue weighted by atomic mass is 10.0. The summed E-state index contributed by atoms with van der Waals surface area (Å²) in [6.45, 7) is 4.26. The first-order valence-electron chi connectivity index (χ1n) is 4.61. The Morgan fingerprint density at radius 1 is 1.07 bits per heavy atom. The molecule has 0 amide bonds. The average molecular weight is 251 g/mol. The largest absolute Gasteiger partial charge is 0.154 e. The van der Waals surface area contributed by atoms with Crippen LogP contribution in [0.5, 0.6) is 0 Å². The molecule has 0 radical (unpaired) electrons. The summed E-state index contributed by atoms with van der Waals surface area (Å²) in [5.41, 5.74) is 1.06. The summed E-state index contributed by atoms with van der Waals surface area (Å²) in [5, 5.41) is 10.6. The van der Waals surface area contributed by atoms with E-state index in [1.807, 2.05) is 12.1 Å².